The minimum absolute atomic E-state index is 0.200. The third-order valence-corrected chi connectivity index (χ3v) is 2.93. The normalized spacial score (nSPS) is 24.1. The lowest BCUT2D eigenvalue weighted by Gasteiger charge is -2.20. The highest BCUT2D eigenvalue weighted by Crippen LogP contribution is 2.16. The summed E-state index contributed by atoms with van der Waals surface area (Å²) < 4.78 is 0. The smallest absolute Gasteiger partial charge is 0.0687 e. The molecule has 1 aliphatic carbocycles. The molecule has 0 fully saturated rings. The summed E-state index contributed by atoms with van der Waals surface area (Å²) in [5.41, 5.74) is 0. The number of rotatable bonds is 5. The van der Waals surface area contributed by atoms with Crippen LogP contribution in [0.3, 0.4) is 0 Å². The third-order valence-electron chi connectivity index (χ3n) is 2.93. The zero-order valence-electron chi connectivity index (χ0n) is 9.37. The van der Waals surface area contributed by atoms with Crippen molar-refractivity contribution in [3.8, 4) is 0 Å². The van der Waals surface area contributed by atoms with Crippen molar-refractivity contribution in [1.29, 1.82) is 0 Å². The molecule has 2 N–H and O–H groups in total. The van der Waals surface area contributed by atoms with E-state index in [0.717, 1.165) is 19.0 Å². The molecule has 82 valence electrons. The maximum Gasteiger partial charge on any atom is 0.0687 e. The molecule has 1 aliphatic rings. The fourth-order valence-electron chi connectivity index (χ4n) is 1.71. The summed E-state index contributed by atoms with van der Waals surface area (Å²) in [6.45, 7) is 5.89. The molecule has 0 saturated heterocycles. The van der Waals surface area contributed by atoms with Crippen LogP contribution in [0.15, 0.2) is 12.2 Å². The molecule has 2 atom stereocenters. The van der Waals surface area contributed by atoms with Gasteiger partial charge < -0.3 is 10.4 Å². The van der Waals surface area contributed by atoms with Gasteiger partial charge in [0.2, 0.25) is 0 Å². The van der Waals surface area contributed by atoms with Crippen LogP contribution >= 0.6 is 0 Å². The van der Waals surface area contributed by atoms with Crippen molar-refractivity contribution in [3.05, 3.63) is 12.2 Å². The monoisotopic (exact) mass is 197 g/mol. The van der Waals surface area contributed by atoms with Crippen molar-refractivity contribution in [3.63, 3.8) is 0 Å². The highest BCUT2D eigenvalue weighted by molar-refractivity contribution is 4.90. The predicted octanol–water partition coefficient (Wildman–Crippen LogP) is 1.95. The van der Waals surface area contributed by atoms with Crippen molar-refractivity contribution in [2.24, 2.45) is 11.8 Å². The second-order valence-corrected chi connectivity index (χ2v) is 4.62. The number of hydrogen-bond acceptors (Lipinski definition) is 2. The van der Waals surface area contributed by atoms with E-state index < -0.39 is 0 Å². The zero-order chi connectivity index (χ0) is 10.4. The molecule has 0 heterocycles. The Bertz CT molecular complexity index is 177. The number of aliphatic hydroxyl groups excluding tert-OH is 1. The van der Waals surface area contributed by atoms with Crippen LogP contribution < -0.4 is 5.32 Å². The summed E-state index contributed by atoms with van der Waals surface area (Å²) in [4.78, 5) is 0. The Balaban J connectivity index is 2.06. The summed E-state index contributed by atoms with van der Waals surface area (Å²) in [6, 6.07) is 0. The summed E-state index contributed by atoms with van der Waals surface area (Å²) in [7, 11) is 0. The van der Waals surface area contributed by atoms with Gasteiger partial charge in [-0.15, -0.1) is 0 Å². The van der Waals surface area contributed by atoms with E-state index in [9.17, 15) is 5.11 Å². The first kappa shape index (κ1) is 11.7. The molecular formula is C12H23NO. The number of aliphatic hydroxyl groups is 1. The largest absolute Gasteiger partial charge is 0.392 e. The lowest BCUT2D eigenvalue weighted by Crippen LogP contribution is -2.33. The van der Waals surface area contributed by atoms with Gasteiger partial charge in [-0.2, -0.15) is 0 Å². The minimum Gasteiger partial charge on any atom is -0.392 e. The predicted molar refractivity (Wildman–Crippen MR) is 60.2 cm³/mol. The first-order valence-electron chi connectivity index (χ1n) is 5.74. The van der Waals surface area contributed by atoms with E-state index in [1.54, 1.807) is 0 Å². The van der Waals surface area contributed by atoms with Gasteiger partial charge in [-0.25, -0.2) is 0 Å². The van der Waals surface area contributed by atoms with Gasteiger partial charge in [0, 0.05) is 6.54 Å². The van der Waals surface area contributed by atoms with Crippen molar-refractivity contribution in [2.75, 3.05) is 13.1 Å². The van der Waals surface area contributed by atoms with E-state index >= 15 is 0 Å². The second-order valence-electron chi connectivity index (χ2n) is 4.62. The summed E-state index contributed by atoms with van der Waals surface area (Å²) in [5.74, 6) is 1.13. The van der Waals surface area contributed by atoms with Crippen molar-refractivity contribution in [2.45, 2.75) is 39.2 Å². The van der Waals surface area contributed by atoms with E-state index in [1.807, 2.05) is 0 Å². The lowest BCUT2D eigenvalue weighted by molar-refractivity contribution is 0.122. The van der Waals surface area contributed by atoms with Crippen LogP contribution in [0.2, 0.25) is 0 Å². The standard InChI is InChI=1S/C12H23NO/c1-10(2)12(14)9-13-8-11-6-4-3-5-7-11/h3-4,10-14H,5-9H2,1-2H3. The SMILES string of the molecule is CC(C)C(O)CNCC1CC=CCC1. The van der Waals surface area contributed by atoms with Crippen LogP contribution in [0.1, 0.15) is 33.1 Å². The average molecular weight is 197 g/mol. The average Bonchev–Trinajstić information content (AvgIpc) is 2.19. The van der Waals surface area contributed by atoms with Gasteiger partial charge in [-0.3, -0.25) is 0 Å². The molecule has 2 unspecified atom stereocenters. The van der Waals surface area contributed by atoms with Crippen molar-refractivity contribution < 1.29 is 5.11 Å². The zero-order valence-corrected chi connectivity index (χ0v) is 9.37. The van der Waals surface area contributed by atoms with Crippen molar-refractivity contribution in [1.82, 2.24) is 5.32 Å². The lowest BCUT2D eigenvalue weighted by atomic mass is 9.94. The van der Waals surface area contributed by atoms with Gasteiger partial charge in [-0.05, 0) is 37.6 Å². The molecule has 0 amide bonds. The van der Waals surface area contributed by atoms with Gasteiger partial charge in [0.15, 0.2) is 0 Å². The van der Waals surface area contributed by atoms with Gasteiger partial charge in [0.05, 0.1) is 6.10 Å². The van der Waals surface area contributed by atoms with Gasteiger partial charge in [-0.1, -0.05) is 26.0 Å². The molecule has 0 aliphatic heterocycles. The Labute approximate surface area is 87.4 Å². The summed E-state index contributed by atoms with van der Waals surface area (Å²) >= 11 is 0. The topological polar surface area (TPSA) is 32.3 Å². The molecule has 0 saturated carbocycles. The minimum atomic E-state index is -0.200. The third kappa shape index (κ3) is 4.25. The second kappa shape index (κ2) is 6.20. The quantitative estimate of drug-likeness (QED) is 0.660. The molecular weight excluding hydrogens is 174 g/mol. The van der Waals surface area contributed by atoms with E-state index in [-0.39, 0.29) is 6.10 Å². The molecule has 0 bridgehead atoms. The fraction of sp³-hybridized carbons (Fsp3) is 0.833. The Hall–Kier alpha value is -0.340. The van der Waals surface area contributed by atoms with E-state index in [1.165, 1.54) is 19.3 Å². The summed E-state index contributed by atoms with van der Waals surface area (Å²) in [5, 5.41) is 12.9. The van der Waals surface area contributed by atoms with Crippen molar-refractivity contribution >= 4 is 0 Å². The Kier molecular flexibility index (Phi) is 5.20. The molecule has 0 spiro atoms. The highest BCUT2D eigenvalue weighted by Gasteiger charge is 2.11. The Morgan fingerprint density at radius 1 is 1.43 bits per heavy atom. The maximum atomic E-state index is 9.58. The Morgan fingerprint density at radius 3 is 2.79 bits per heavy atom. The van der Waals surface area contributed by atoms with E-state index in [4.69, 9.17) is 0 Å². The van der Waals surface area contributed by atoms with Crippen LogP contribution in [0, 0.1) is 11.8 Å². The molecule has 0 aromatic rings. The highest BCUT2D eigenvalue weighted by atomic mass is 16.3. The van der Waals surface area contributed by atoms with Gasteiger partial charge >= 0.3 is 0 Å². The van der Waals surface area contributed by atoms with E-state index in [0.29, 0.717) is 5.92 Å². The fourth-order valence-corrected chi connectivity index (χ4v) is 1.71. The molecule has 14 heavy (non-hydrogen) atoms. The maximum absolute atomic E-state index is 9.58. The van der Waals surface area contributed by atoms with Crippen LogP contribution in [-0.2, 0) is 0 Å². The molecule has 1 rings (SSSR count). The molecule has 2 heteroatoms. The van der Waals surface area contributed by atoms with Crippen LogP contribution in [0.4, 0.5) is 0 Å². The summed E-state index contributed by atoms with van der Waals surface area (Å²) in [6.07, 6.45) is 8.05. The number of hydrogen-bond donors (Lipinski definition) is 2. The van der Waals surface area contributed by atoms with Crippen LogP contribution in [0.5, 0.6) is 0 Å². The molecule has 0 aromatic heterocycles. The van der Waals surface area contributed by atoms with E-state index in [2.05, 4.69) is 31.3 Å². The number of nitrogens with one attached hydrogen (secondary N) is 1. The first-order chi connectivity index (χ1) is 6.70. The first-order valence-corrected chi connectivity index (χ1v) is 5.74. The molecule has 2 nitrogen and oxygen atoms in total. The van der Waals surface area contributed by atoms with Gasteiger partial charge in [0.25, 0.3) is 0 Å². The van der Waals surface area contributed by atoms with Crippen LogP contribution in [-0.4, -0.2) is 24.3 Å². The number of allylic oxidation sites excluding steroid dienone is 2. The Morgan fingerprint density at radius 2 is 2.21 bits per heavy atom. The molecule has 0 radical (unpaired) electrons. The van der Waals surface area contributed by atoms with Crippen LogP contribution in [0.25, 0.3) is 0 Å². The molecule has 0 aromatic carbocycles. The van der Waals surface area contributed by atoms with Gasteiger partial charge in [0.1, 0.15) is 0 Å².